The number of carbonyl (C=O) groups excluding carboxylic acids is 4. The van der Waals surface area contributed by atoms with Crippen molar-refractivity contribution in [2.75, 3.05) is 26.1 Å². The number of anilines is 1. The molecule has 41 heavy (non-hydrogen) atoms. The molecule has 3 rings (SSSR count). The Bertz CT molecular complexity index is 1250. The third kappa shape index (κ3) is 8.60. The average Bonchev–Trinajstić information content (AvgIpc) is 2.92. The van der Waals surface area contributed by atoms with Gasteiger partial charge in [-0.1, -0.05) is 19.9 Å². The molecular weight excluding hydrogens is 530 g/mol. The maximum Gasteiger partial charge on any atom is 0.408 e. The summed E-state index contributed by atoms with van der Waals surface area (Å²) in [5.41, 5.74) is 1.41. The van der Waals surface area contributed by atoms with E-state index >= 15 is 0 Å². The number of hydrogen-bond donors (Lipinski definition) is 2. The molecule has 0 saturated heterocycles. The Kier molecular flexibility index (Phi) is 10.2. The number of methoxy groups -OCH3 is 2. The van der Waals surface area contributed by atoms with E-state index in [9.17, 15) is 19.2 Å². The second-order valence-electron chi connectivity index (χ2n) is 11.1. The number of alkyl carbamates (subject to hydrolysis) is 1. The number of hydrogen-bond acceptors (Lipinski definition) is 8. The lowest BCUT2D eigenvalue weighted by Crippen LogP contribution is -2.58. The van der Waals surface area contributed by atoms with E-state index in [2.05, 4.69) is 15.4 Å². The Hall–Kier alpha value is -4.28. The Morgan fingerprint density at radius 3 is 2.22 bits per heavy atom. The molecule has 1 aliphatic rings. The molecule has 0 bridgehead atoms. The second kappa shape index (κ2) is 13.4. The predicted molar refractivity (Wildman–Crippen MR) is 152 cm³/mol. The van der Waals surface area contributed by atoms with Gasteiger partial charge in [-0.05, 0) is 74.2 Å². The number of rotatable bonds is 9. The van der Waals surface area contributed by atoms with Crippen LogP contribution in [-0.2, 0) is 36.8 Å². The molecule has 1 heterocycles. The van der Waals surface area contributed by atoms with Crippen LogP contribution in [0.1, 0.15) is 45.7 Å². The number of nitrogens with zero attached hydrogens (tertiary/aromatic N) is 1. The number of nitrogens with one attached hydrogen (secondary N) is 2. The minimum atomic E-state index is -0.943. The number of amides is 3. The molecule has 2 atom stereocenters. The van der Waals surface area contributed by atoms with E-state index in [0.717, 1.165) is 11.1 Å². The van der Waals surface area contributed by atoms with E-state index in [0.29, 0.717) is 17.2 Å². The maximum atomic E-state index is 14.0. The van der Waals surface area contributed by atoms with Gasteiger partial charge in [0.05, 0.1) is 14.2 Å². The van der Waals surface area contributed by atoms with Gasteiger partial charge in [-0.15, -0.1) is 0 Å². The normalized spacial score (nSPS) is 15.3. The minimum absolute atomic E-state index is 0.0868. The largest absolute Gasteiger partial charge is 0.497 e. The van der Waals surface area contributed by atoms with Crippen LogP contribution in [0.3, 0.4) is 0 Å². The van der Waals surface area contributed by atoms with Crippen LogP contribution in [0.2, 0.25) is 0 Å². The lowest BCUT2D eigenvalue weighted by molar-refractivity contribution is -0.143. The van der Waals surface area contributed by atoms with E-state index in [1.807, 2.05) is 19.9 Å². The van der Waals surface area contributed by atoms with Crippen LogP contribution in [0, 0.1) is 5.92 Å². The van der Waals surface area contributed by atoms with Crippen LogP contribution >= 0.6 is 0 Å². The molecule has 3 amide bonds. The van der Waals surface area contributed by atoms with Gasteiger partial charge in [0, 0.05) is 18.7 Å². The number of ether oxygens (including phenoxy) is 4. The van der Waals surface area contributed by atoms with Gasteiger partial charge in [0.15, 0.2) is 6.61 Å². The van der Waals surface area contributed by atoms with Crippen LogP contribution in [0.4, 0.5) is 10.5 Å². The van der Waals surface area contributed by atoms with E-state index in [1.165, 1.54) is 12.0 Å². The highest BCUT2D eigenvalue weighted by Gasteiger charge is 2.39. The molecule has 0 fully saturated rings. The van der Waals surface area contributed by atoms with Gasteiger partial charge in [-0.25, -0.2) is 9.59 Å². The number of carbonyl (C=O) groups is 4. The topological polar surface area (TPSA) is 132 Å². The average molecular weight is 570 g/mol. The summed E-state index contributed by atoms with van der Waals surface area (Å²) in [5, 5.41) is 5.59. The molecule has 0 spiro atoms. The third-order valence-corrected chi connectivity index (χ3v) is 6.44. The molecule has 11 heteroatoms. The highest BCUT2D eigenvalue weighted by molar-refractivity contribution is 5.99. The summed E-state index contributed by atoms with van der Waals surface area (Å²) < 4.78 is 20.7. The zero-order chi connectivity index (χ0) is 30.3. The molecular formula is C30H39N3O8. The van der Waals surface area contributed by atoms with E-state index in [4.69, 9.17) is 14.2 Å². The summed E-state index contributed by atoms with van der Waals surface area (Å²) in [4.78, 5) is 53.2. The Balaban J connectivity index is 1.91. The van der Waals surface area contributed by atoms with Gasteiger partial charge in [0.25, 0.3) is 0 Å². The molecule has 1 aliphatic heterocycles. The maximum absolute atomic E-state index is 14.0. The fourth-order valence-corrected chi connectivity index (χ4v) is 4.34. The van der Waals surface area contributed by atoms with Crippen LogP contribution in [-0.4, -0.2) is 67.3 Å². The first kappa shape index (κ1) is 31.3. The molecule has 0 unspecified atom stereocenters. The third-order valence-electron chi connectivity index (χ3n) is 6.44. The Labute approximate surface area is 240 Å². The lowest BCUT2D eigenvalue weighted by Gasteiger charge is -2.39. The number of benzene rings is 2. The molecule has 0 saturated carbocycles. The van der Waals surface area contributed by atoms with Crippen molar-refractivity contribution in [3.8, 4) is 11.5 Å². The van der Waals surface area contributed by atoms with Crippen molar-refractivity contribution in [2.45, 2.75) is 65.3 Å². The molecule has 2 aromatic carbocycles. The first-order chi connectivity index (χ1) is 19.3. The summed E-state index contributed by atoms with van der Waals surface area (Å²) in [6.45, 7) is 8.65. The first-order valence-corrected chi connectivity index (χ1v) is 13.4. The fourth-order valence-electron chi connectivity index (χ4n) is 4.34. The van der Waals surface area contributed by atoms with Gasteiger partial charge in [-0.3, -0.25) is 9.59 Å². The molecule has 11 nitrogen and oxygen atoms in total. The summed E-state index contributed by atoms with van der Waals surface area (Å²) in [6, 6.07) is 10.3. The van der Waals surface area contributed by atoms with Crippen molar-refractivity contribution in [3.63, 3.8) is 0 Å². The van der Waals surface area contributed by atoms with Gasteiger partial charge in [0.2, 0.25) is 11.8 Å². The van der Waals surface area contributed by atoms with Crippen molar-refractivity contribution in [2.24, 2.45) is 5.92 Å². The van der Waals surface area contributed by atoms with E-state index in [1.54, 1.807) is 64.3 Å². The van der Waals surface area contributed by atoms with E-state index < -0.39 is 35.7 Å². The van der Waals surface area contributed by atoms with Crippen molar-refractivity contribution in [1.82, 2.24) is 10.2 Å². The highest BCUT2D eigenvalue weighted by Crippen LogP contribution is 2.29. The van der Waals surface area contributed by atoms with E-state index in [-0.39, 0.29) is 31.4 Å². The van der Waals surface area contributed by atoms with Crippen LogP contribution in [0.25, 0.3) is 0 Å². The Morgan fingerprint density at radius 2 is 1.63 bits per heavy atom. The van der Waals surface area contributed by atoms with Crippen molar-refractivity contribution >= 4 is 29.6 Å². The summed E-state index contributed by atoms with van der Waals surface area (Å²) in [5.74, 6) is -0.550. The monoisotopic (exact) mass is 569 g/mol. The second-order valence-corrected chi connectivity index (χ2v) is 11.1. The quantitative estimate of drug-likeness (QED) is 0.437. The highest BCUT2D eigenvalue weighted by atomic mass is 16.6. The number of fused-ring (bicyclic) bond motifs is 1. The molecule has 0 aromatic heterocycles. The summed E-state index contributed by atoms with van der Waals surface area (Å²) >= 11 is 0. The van der Waals surface area contributed by atoms with Crippen LogP contribution in [0.5, 0.6) is 11.5 Å². The van der Waals surface area contributed by atoms with Crippen LogP contribution in [0.15, 0.2) is 42.5 Å². The molecule has 2 aromatic rings. The van der Waals surface area contributed by atoms with Crippen molar-refractivity contribution in [3.05, 3.63) is 53.6 Å². The summed E-state index contributed by atoms with van der Waals surface area (Å²) in [6.07, 6.45) is -0.489. The summed E-state index contributed by atoms with van der Waals surface area (Å²) in [7, 11) is 2.83. The minimum Gasteiger partial charge on any atom is -0.497 e. The van der Waals surface area contributed by atoms with Gasteiger partial charge in [-0.2, -0.15) is 0 Å². The molecule has 0 radical (unpaired) electrons. The predicted octanol–water partition coefficient (Wildman–Crippen LogP) is 3.69. The first-order valence-electron chi connectivity index (χ1n) is 13.4. The lowest BCUT2D eigenvalue weighted by atomic mass is 9.91. The Morgan fingerprint density at radius 1 is 0.976 bits per heavy atom. The van der Waals surface area contributed by atoms with Crippen LogP contribution < -0.4 is 20.1 Å². The zero-order valence-electron chi connectivity index (χ0n) is 24.6. The van der Waals surface area contributed by atoms with Crippen molar-refractivity contribution in [1.29, 1.82) is 0 Å². The molecule has 0 aliphatic carbocycles. The molecule has 2 N–H and O–H groups in total. The standard InChI is InChI=1S/C30H39N3O8/c1-18(2)26(32-29(37)41-30(3,4)5)28(36)33-16-20-14-23(40-17-25(34)39-7)11-8-19(20)15-24(33)27(35)31-21-9-12-22(38-6)13-10-21/h8-14,18,24,26H,15-17H2,1-7H3,(H,31,35)(H,32,37)/t24-,26-/m0/s1. The van der Waals surface area contributed by atoms with Crippen molar-refractivity contribution < 1.29 is 38.1 Å². The smallest absolute Gasteiger partial charge is 0.408 e. The van der Waals surface area contributed by atoms with Gasteiger partial charge in [0.1, 0.15) is 29.2 Å². The fraction of sp³-hybridized carbons (Fsp3) is 0.467. The van der Waals surface area contributed by atoms with Gasteiger partial charge >= 0.3 is 12.1 Å². The molecule has 222 valence electrons. The number of esters is 1. The SMILES string of the molecule is COC(=O)COc1ccc2c(c1)CN(C(=O)[C@@H](NC(=O)OC(C)(C)C)C(C)C)[C@H](C(=O)Nc1ccc(OC)cc1)C2. The zero-order valence-corrected chi connectivity index (χ0v) is 24.6. The van der Waals surface area contributed by atoms with Gasteiger partial charge < -0.3 is 34.5 Å².